The lowest BCUT2D eigenvalue weighted by Crippen LogP contribution is -2.31. The molecule has 1 aliphatic heterocycles. The van der Waals surface area contributed by atoms with Crippen molar-refractivity contribution < 1.29 is 14.3 Å². The number of carbonyl (C=O) groups excluding carboxylic acids is 2. The Balaban J connectivity index is 1.84. The van der Waals surface area contributed by atoms with E-state index in [4.69, 9.17) is 4.74 Å². The van der Waals surface area contributed by atoms with Crippen LogP contribution in [0.5, 0.6) is 5.75 Å². The zero-order chi connectivity index (χ0) is 15.7. The molecule has 1 heterocycles. The highest BCUT2D eigenvalue weighted by molar-refractivity contribution is 6.21. The predicted molar refractivity (Wildman–Crippen MR) is 83.8 cm³/mol. The fourth-order valence-electron chi connectivity index (χ4n) is 2.51. The Morgan fingerprint density at radius 3 is 2.27 bits per heavy atom. The second-order valence-electron chi connectivity index (χ2n) is 5.08. The Kier molecular flexibility index (Phi) is 3.51. The summed E-state index contributed by atoms with van der Waals surface area (Å²) in [4.78, 5) is 25.9. The highest BCUT2D eigenvalue weighted by Crippen LogP contribution is 2.26. The lowest BCUT2D eigenvalue weighted by atomic mass is 10.1. The number of ether oxygens (including phenoxy) is 1. The summed E-state index contributed by atoms with van der Waals surface area (Å²) in [5.74, 6) is 0.162. The molecule has 22 heavy (non-hydrogen) atoms. The Labute approximate surface area is 128 Å². The van der Waals surface area contributed by atoms with Crippen LogP contribution in [0.1, 0.15) is 26.3 Å². The van der Waals surface area contributed by atoms with Gasteiger partial charge in [0.05, 0.1) is 24.8 Å². The molecular formula is C18H15NO3. The highest BCUT2D eigenvalue weighted by atomic mass is 16.5. The number of fused-ring (bicyclic) bond motifs is 1. The first-order valence-corrected chi connectivity index (χ1v) is 6.89. The number of benzene rings is 2. The van der Waals surface area contributed by atoms with Crippen molar-refractivity contribution in [1.29, 1.82) is 0 Å². The minimum absolute atomic E-state index is 0.166. The third-order valence-electron chi connectivity index (χ3n) is 3.71. The molecule has 0 unspecified atom stereocenters. The van der Waals surface area contributed by atoms with E-state index >= 15 is 0 Å². The lowest BCUT2D eigenvalue weighted by molar-refractivity contribution is 0.0675. The normalized spacial score (nSPS) is 13.2. The van der Waals surface area contributed by atoms with Crippen molar-refractivity contribution in [3.05, 3.63) is 71.8 Å². The summed E-state index contributed by atoms with van der Waals surface area (Å²) in [5, 5.41) is 0. The molecule has 4 heteroatoms. The molecule has 0 bridgehead atoms. The summed E-state index contributed by atoms with van der Waals surface area (Å²) >= 11 is 0. The molecule has 0 spiro atoms. The average Bonchev–Trinajstić information content (AvgIpc) is 2.80. The number of rotatable bonds is 4. The molecule has 2 aromatic rings. The monoisotopic (exact) mass is 293 g/mol. The quantitative estimate of drug-likeness (QED) is 0.814. The lowest BCUT2D eigenvalue weighted by Gasteiger charge is -2.16. The third kappa shape index (κ3) is 2.29. The maximum absolute atomic E-state index is 12.3. The van der Waals surface area contributed by atoms with E-state index < -0.39 is 0 Å². The molecule has 0 N–H and O–H groups in total. The maximum Gasteiger partial charge on any atom is 0.261 e. The zero-order valence-corrected chi connectivity index (χ0v) is 12.2. The van der Waals surface area contributed by atoms with E-state index in [1.54, 1.807) is 31.4 Å². The summed E-state index contributed by atoms with van der Waals surface area (Å²) in [6, 6.07) is 14.2. The van der Waals surface area contributed by atoms with Crippen molar-refractivity contribution in [2.75, 3.05) is 13.7 Å². The van der Waals surface area contributed by atoms with E-state index in [-0.39, 0.29) is 18.4 Å². The van der Waals surface area contributed by atoms with Gasteiger partial charge in [-0.1, -0.05) is 30.8 Å². The largest absolute Gasteiger partial charge is 0.497 e. The Hall–Kier alpha value is -2.88. The van der Waals surface area contributed by atoms with Crippen LogP contribution in [-0.4, -0.2) is 30.4 Å². The standard InChI is InChI=1S/C18H15NO3/c1-12(13-6-5-7-14(10-13)22-2)11-19-17(20)15-8-3-4-9-16(15)18(19)21/h3-10H,1,11H2,2H3. The number of hydrogen-bond acceptors (Lipinski definition) is 3. The van der Waals surface area contributed by atoms with Crippen LogP contribution in [0.4, 0.5) is 0 Å². The van der Waals surface area contributed by atoms with E-state index in [0.29, 0.717) is 22.4 Å². The fourth-order valence-corrected chi connectivity index (χ4v) is 2.51. The van der Waals surface area contributed by atoms with E-state index in [1.807, 2.05) is 24.3 Å². The topological polar surface area (TPSA) is 46.6 Å². The molecule has 2 amide bonds. The zero-order valence-electron chi connectivity index (χ0n) is 12.2. The van der Waals surface area contributed by atoms with Crippen LogP contribution < -0.4 is 4.74 Å². The Morgan fingerprint density at radius 1 is 1.05 bits per heavy atom. The molecule has 0 atom stereocenters. The summed E-state index contributed by atoms with van der Waals surface area (Å²) in [6.45, 7) is 4.16. The van der Waals surface area contributed by atoms with Crippen LogP contribution in [0.15, 0.2) is 55.1 Å². The second-order valence-corrected chi connectivity index (χ2v) is 5.08. The number of nitrogens with zero attached hydrogens (tertiary/aromatic N) is 1. The minimum Gasteiger partial charge on any atom is -0.497 e. The molecule has 110 valence electrons. The van der Waals surface area contributed by atoms with Gasteiger partial charge in [0.25, 0.3) is 11.8 Å². The molecular weight excluding hydrogens is 278 g/mol. The molecule has 4 nitrogen and oxygen atoms in total. The van der Waals surface area contributed by atoms with Gasteiger partial charge >= 0.3 is 0 Å². The van der Waals surface area contributed by atoms with Gasteiger partial charge in [0.1, 0.15) is 5.75 Å². The molecule has 0 aliphatic carbocycles. The summed E-state index contributed by atoms with van der Waals surface area (Å²) in [6.07, 6.45) is 0. The molecule has 0 aromatic heterocycles. The van der Waals surface area contributed by atoms with Gasteiger partial charge in [-0.05, 0) is 35.4 Å². The highest BCUT2D eigenvalue weighted by Gasteiger charge is 2.35. The maximum atomic E-state index is 12.3. The number of carbonyl (C=O) groups is 2. The van der Waals surface area contributed by atoms with Crippen molar-refractivity contribution in [2.24, 2.45) is 0 Å². The van der Waals surface area contributed by atoms with E-state index in [1.165, 1.54) is 4.90 Å². The van der Waals surface area contributed by atoms with Crippen molar-refractivity contribution in [3.63, 3.8) is 0 Å². The van der Waals surface area contributed by atoms with Crippen molar-refractivity contribution in [2.45, 2.75) is 0 Å². The van der Waals surface area contributed by atoms with E-state index in [9.17, 15) is 9.59 Å². The number of hydrogen-bond donors (Lipinski definition) is 0. The van der Waals surface area contributed by atoms with Crippen molar-refractivity contribution in [1.82, 2.24) is 4.90 Å². The number of imide groups is 1. The van der Waals surface area contributed by atoms with Gasteiger partial charge in [-0.25, -0.2) is 0 Å². The number of methoxy groups -OCH3 is 1. The van der Waals surface area contributed by atoms with E-state index in [2.05, 4.69) is 6.58 Å². The molecule has 1 aliphatic rings. The van der Waals surface area contributed by atoms with Crippen LogP contribution in [0, 0.1) is 0 Å². The van der Waals surface area contributed by atoms with Gasteiger partial charge in [-0.3, -0.25) is 14.5 Å². The van der Waals surface area contributed by atoms with Gasteiger partial charge in [0.15, 0.2) is 0 Å². The average molecular weight is 293 g/mol. The first kappa shape index (κ1) is 14.1. The van der Waals surface area contributed by atoms with Gasteiger partial charge in [-0.15, -0.1) is 0 Å². The Bertz CT molecular complexity index is 744. The molecule has 2 aromatic carbocycles. The fraction of sp³-hybridized carbons (Fsp3) is 0.111. The van der Waals surface area contributed by atoms with Crippen LogP contribution in [0.3, 0.4) is 0 Å². The van der Waals surface area contributed by atoms with Gasteiger partial charge < -0.3 is 4.74 Å². The first-order valence-electron chi connectivity index (χ1n) is 6.89. The molecule has 3 rings (SSSR count). The third-order valence-corrected chi connectivity index (χ3v) is 3.71. The van der Waals surface area contributed by atoms with Crippen LogP contribution in [-0.2, 0) is 0 Å². The first-order chi connectivity index (χ1) is 10.6. The predicted octanol–water partition coefficient (Wildman–Crippen LogP) is 3.00. The molecule has 0 fully saturated rings. The van der Waals surface area contributed by atoms with Crippen LogP contribution >= 0.6 is 0 Å². The Morgan fingerprint density at radius 2 is 1.68 bits per heavy atom. The van der Waals surface area contributed by atoms with Crippen molar-refractivity contribution in [3.8, 4) is 5.75 Å². The molecule has 0 saturated heterocycles. The van der Waals surface area contributed by atoms with Crippen LogP contribution in [0.2, 0.25) is 0 Å². The summed E-state index contributed by atoms with van der Waals surface area (Å²) in [7, 11) is 1.59. The SMILES string of the molecule is C=C(CN1C(=O)c2ccccc2C1=O)c1cccc(OC)c1. The number of amides is 2. The second kappa shape index (κ2) is 5.48. The summed E-state index contributed by atoms with van der Waals surface area (Å²) in [5.41, 5.74) is 2.43. The minimum atomic E-state index is -0.273. The van der Waals surface area contributed by atoms with E-state index in [0.717, 1.165) is 5.56 Å². The van der Waals surface area contributed by atoms with Gasteiger partial charge in [-0.2, -0.15) is 0 Å². The molecule has 0 saturated carbocycles. The van der Waals surface area contributed by atoms with Crippen LogP contribution in [0.25, 0.3) is 5.57 Å². The molecule has 0 radical (unpaired) electrons. The van der Waals surface area contributed by atoms with Gasteiger partial charge in [0.2, 0.25) is 0 Å². The summed E-state index contributed by atoms with van der Waals surface area (Å²) < 4.78 is 5.18. The smallest absolute Gasteiger partial charge is 0.261 e. The van der Waals surface area contributed by atoms with Gasteiger partial charge in [0, 0.05) is 0 Å². The van der Waals surface area contributed by atoms with Crippen molar-refractivity contribution >= 4 is 17.4 Å².